The zero-order valence-corrected chi connectivity index (χ0v) is 14.1. The van der Waals surface area contributed by atoms with E-state index < -0.39 is 11.9 Å². The van der Waals surface area contributed by atoms with Crippen molar-refractivity contribution < 1.29 is 9.59 Å². The molecule has 22 heavy (non-hydrogen) atoms. The fraction of sp³-hybridized carbons (Fsp3) is 0.533. The summed E-state index contributed by atoms with van der Waals surface area (Å²) in [7, 11) is 0. The Labute approximate surface area is 137 Å². The van der Waals surface area contributed by atoms with Crippen molar-refractivity contribution in [1.29, 1.82) is 0 Å². The minimum absolute atomic E-state index is 0.107. The summed E-state index contributed by atoms with van der Waals surface area (Å²) in [6.07, 6.45) is 5.82. The third kappa shape index (κ3) is 4.69. The predicted octanol–water partition coefficient (Wildman–Crippen LogP) is 2.02. The third-order valence-corrected chi connectivity index (χ3v) is 4.41. The number of amides is 3. The van der Waals surface area contributed by atoms with Crippen molar-refractivity contribution in [3.05, 3.63) is 33.2 Å². The second kappa shape index (κ2) is 7.58. The van der Waals surface area contributed by atoms with E-state index in [1.807, 2.05) is 0 Å². The van der Waals surface area contributed by atoms with Crippen LogP contribution >= 0.6 is 15.9 Å². The molecule has 0 spiro atoms. The van der Waals surface area contributed by atoms with E-state index in [2.05, 4.69) is 33.5 Å². The van der Waals surface area contributed by atoms with E-state index in [0.29, 0.717) is 10.4 Å². The average Bonchev–Trinajstić information content (AvgIpc) is 2.45. The molecule has 1 fully saturated rings. The van der Waals surface area contributed by atoms with Gasteiger partial charge in [-0.2, -0.15) is 0 Å². The van der Waals surface area contributed by atoms with Gasteiger partial charge >= 0.3 is 6.03 Å². The monoisotopic (exact) mass is 369 g/mol. The van der Waals surface area contributed by atoms with E-state index in [0.717, 1.165) is 19.3 Å². The first-order valence-electron chi connectivity index (χ1n) is 7.42. The lowest BCUT2D eigenvalue weighted by Crippen LogP contribution is -2.48. The number of urea groups is 1. The molecule has 7 heteroatoms. The highest BCUT2D eigenvalue weighted by molar-refractivity contribution is 9.10. The first kappa shape index (κ1) is 16.7. The molecular weight excluding hydrogens is 350 g/mol. The first-order chi connectivity index (χ1) is 10.5. The molecule has 0 aromatic carbocycles. The van der Waals surface area contributed by atoms with Gasteiger partial charge in [-0.1, -0.05) is 19.8 Å². The number of carbonyl (C=O) groups is 2. The van der Waals surface area contributed by atoms with E-state index in [9.17, 15) is 14.4 Å². The van der Waals surface area contributed by atoms with Crippen molar-refractivity contribution in [3.63, 3.8) is 0 Å². The Bertz CT molecular complexity index is 614. The molecule has 1 saturated carbocycles. The standard InChI is InChI=1S/C15H20BrN3O3/c1-10-4-2-3-5-12(10)17-15(22)18-13(20)9-19-8-11(16)6-7-14(19)21/h6-8,10,12H,2-5,9H2,1H3,(H2,17,18,20,22)/t10-,12+/m0/s1. The molecule has 0 saturated heterocycles. The van der Waals surface area contributed by atoms with Gasteiger partial charge in [-0.3, -0.25) is 14.9 Å². The second-order valence-electron chi connectivity index (χ2n) is 5.70. The molecule has 2 rings (SSSR count). The Morgan fingerprint density at radius 3 is 2.77 bits per heavy atom. The number of aromatic nitrogens is 1. The lowest BCUT2D eigenvalue weighted by Gasteiger charge is -2.29. The Balaban J connectivity index is 1.87. The second-order valence-corrected chi connectivity index (χ2v) is 6.62. The van der Waals surface area contributed by atoms with Crippen LogP contribution in [0.5, 0.6) is 0 Å². The molecule has 0 aliphatic heterocycles. The molecule has 1 aromatic rings. The van der Waals surface area contributed by atoms with Gasteiger partial charge in [0.25, 0.3) is 5.56 Å². The molecule has 2 atom stereocenters. The van der Waals surface area contributed by atoms with E-state index in [1.165, 1.54) is 23.3 Å². The lowest BCUT2D eigenvalue weighted by molar-refractivity contribution is -0.120. The summed E-state index contributed by atoms with van der Waals surface area (Å²) < 4.78 is 1.94. The molecular formula is C15H20BrN3O3. The summed E-state index contributed by atoms with van der Waals surface area (Å²) in [5.74, 6) is -0.0940. The SMILES string of the molecule is C[C@H]1CCCC[C@H]1NC(=O)NC(=O)Cn1cc(Br)ccc1=O. The van der Waals surface area contributed by atoms with Crippen molar-refractivity contribution >= 4 is 27.9 Å². The van der Waals surface area contributed by atoms with E-state index in [-0.39, 0.29) is 18.1 Å². The van der Waals surface area contributed by atoms with Gasteiger partial charge in [-0.15, -0.1) is 0 Å². The third-order valence-electron chi connectivity index (χ3n) is 3.94. The number of nitrogens with one attached hydrogen (secondary N) is 2. The zero-order valence-electron chi connectivity index (χ0n) is 12.5. The predicted molar refractivity (Wildman–Crippen MR) is 86.5 cm³/mol. The van der Waals surface area contributed by atoms with Crippen LogP contribution in [-0.4, -0.2) is 22.5 Å². The average molecular weight is 370 g/mol. The van der Waals surface area contributed by atoms with Crippen molar-refractivity contribution in [1.82, 2.24) is 15.2 Å². The van der Waals surface area contributed by atoms with Crippen LogP contribution in [0.4, 0.5) is 4.79 Å². The normalized spacial score (nSPS) is 21.2. The molecule has 1 aliphatic rings. The lowest BCUT2D eigenvalue weighted by atomic mass is 9.86. The Morgan fingerprint density at radius 1 is 1.32 bits per heavy atom. The van der Waals surface area contributed by atoms with Gasteiger partial charge < -0.3 is 9.88 Å². The van der Waals surface area contributed by atoms with Gasteiger partial charge in [0.2, 0.25) is 5.91 Å². The Morgan fingerprint density at radius 2 is 2.05 bits per heavy atom. The fourth-order valence-electron chi connectivity index (χ4n) is 2.68. The van der Waals surface area contributed by atoms with Crippen molar-refractivity contribution in [3.8, 4) is 0 Å². The van der Waals surface area contributed by atoms with Gasteiger partial charge in [0.15, 0.2) is 0 Å². The van der Waals surface area contributed by atoms with Crippen molar-refractivity contribution in [2.24, 2.45) is 5.92 Å². The van der Waals surface area contributed by atoms with Gasteiger partial charge in [0.05, 0.1) is 0 Å². The maximum Gasteiger partial charge on any atom is 0.321 e. The van der Waals surface area contributed by atoms with Crippen LogP contribution in [0.3, 0.4) is 0 Å². The summed E-state index contributed by atoms with van der Waals surface area (Å²) in [6.45, 7) is 1.92. The van der Waals surface area contributed by atoms with Crippen LogP contribution in [0.25, 0.3) is 0 Å². The van der Waals surface area contributed by atoms with Crippen LogP contribution in [0, 0.1) is 5.92 Å². The highest BCUT2D eigenvalue weighted by Crippen LogP contribution is 2.23. The number of carbonyl (C=O) groups excluding carboxylic acids is 2. The molecule has 1 aromatic heterocycles. The van der Waals surface area contributed by atoms with Crippen LogP contribution in [0.2, 0.25) is 0 Å². The number of imide groups is 1. The fourth-order valence-corrected chi connectivity index (χ4v) is 3.06. The van der Waals surface area contributed by atoms with Crippen molar-refractivity contribution in [2.45, 2.75) is 45.2 Å². The van der Waals surface area contributed by atoms with Crippen LogP contribution < -0.4 is 16.2 Å². The van der Waals surface area contributed by atoms with Crippen LogP contribution in [-0.2, 0) is 11.3 Å². The summed E-state index contributed by atoms with van der Waals surface area (Å²) in [4.78, 5) is 35.3. The summed E-state index contributed by atoms with van der Waals surface area (Å²) in [6, 6.07) is 2.58. The zero-order chi connectivity index (χ0) is 16.1. The number of hydrogen-bond donors (Lipinski definition) is 2. The largest absolute Gasteiger partial charge is 0.335 e. The van der Waals surface area contributed by atoms with Gasteiger partial charge in [-0.25, -0.2) is 4.79 Å². The Kier molecular flexibility index (Phi) is 5.76. The minimum Gasteiger partial charge on any atom is -0.335 e. The molecule has 0 radical (unpaired) electrons. The van der Waals surface area contributed by atoms with Crippen LogP contribution in [0.15, 0.2) is 27.6 Å². The van der Waals surface area contributed by atoms with E-state index >= 15 is 0 Å². The van der Waals surface area contributed by atoms with Gasteiger partial charge in [-0.05, 0) is 40.8 Å². The number of rotatable bonds is 3. The summed E-state index contributed by atoms with van der Waals surface area (Å²) in [5.41, 5.74) is -0.292. The van der Waals surface area contributed by atoms with Crippen LogP contribution in [0.1, 0.15) is 32.6 Å². The molecule has 2 N–H and O–H groups in total. The summed E-state index contributed by atoms with van der Waals surface area (Å²) >= 11 is 3.24. The van der Waals surface area contributed by atoms with E-state index in [4.69, 9.17) is 0 Å². The van der Waals surface area contributed by atoms with Gasteiger partial charge in [0, 0.05) is 22.8 Å². The smallest absolute Gasteiger partial charge is 0.321 e. The molecule has 0 unspecified atom stereocenters. The van der Waals surface area contributed by atoms with E-state index in [1.54, 1.807) is 6.07 Å². The summed E-state index contributed by atoms with van der Waals surface area (Å²) in [5, 5.41) is 5.12. The van der Waals surface area contributed by atoms with Gasteiger partial charge in [0.1, 0.15) is 6.54 Å². The quantitative estimate of drug-likeness (QED) is 0.854. The molecule has 3 amide bonds. The minimum atomic E-state index is -0.513. The topological polar surface area (TPSA) is 80.2 Å². The number of halogens is 1. The molecule has 0 bridgehead atoms. The molecule has 1 heterocycles. The number of hydrogen-bond acceptors (Lipinski definition) is 3. The molecule has 120 valence electrons. The highest BCUT2D eigenvalue weighted by Gasteiger charge is 2.23. The first-order valence-corrected chi connectivity index (χ1v) is 8.21. The highest BCUT2D eigenvalue weighted by atomic mass is 79.9. The molecule has 6 nitrogen and oxygen atoms in total. The molecule has 1 aliphatic carbocycles. The maximum atomic E-state index is 11.9. The van der Waals surface area contributed by atoms with Crippen molar-refractivity contribution in [2.75, 3.05) is 0 Å². The number of pyridine rings is 1. The Hall–Kier alpha value is -1.63. The maximum absolute atomic E-state index is 11.9. The number of nitrogens with zero attached hydrogens (tertiary/aromatic N) is 1.